The molecule has 130 valence electrons. The molecule has 1 N–H and O–H groups in total. The number of carbonyl (C=O) groups is 2. The van der Waals surface area contributed by atoms with Crippen LogP contribution in [0, 0.1) is 0 Å². The lowest BCUT2D eigenvalue weighted by molar-refractivity contribution is 0.0787. The molecule has 2 heterocycles. The molecule has 6 heteroatoms. The molecule has 0 saturated carbocycles. The molecule has 0 atom stereocenters. The van der Waals surface area contributed by atoms with Crippen LogP contribution in [0.2, 0.25) is 0 Å². The summed E-state index contributed by atoms with van der Waals surface area (Å²) in [5.74, 6) is 0.359. The van der Waals surface area contributed by atoms with E-state index in [0.717, 1.165) is 31.7 Å². The van der Waals surface area contributed by atoms with Gasteiger partial charge in [-0.2, -0.15) is 0 Å². The Kier molecular flexibility index (Phi) is 5.28. The summed E-state index contributed by atoms with van der Waals surface area (Å²) < 4.78 is 5.38. The van der Waals surface area contributed by atoms with Gasteiger partial charge in [0.1, 0.15) is 11.4 Å². The Labute approximate surface area is 146 Å². The van der Waals surface area contributed by atoms with Gasteiger partial charge in [0, 0.05) is 30.5 Å². The van der Waals surface area contributed by atoms with Crippen LogP contribution >= 0.6 is 0 Å². The average Bonchev–Trinajstić information content (AvgIpc) is 3.18. The number of rotatable bonds is 5. The third kappa shape index (κ3) is 4.15. The first-order valence-electron chi connectivity index (χ1n) is 8.47. The summed E-state index contributed by atoms with van der Waals surface area (Å²) in [4.78, 5) is 30.7. The van der Waals surface area contributed by atoms with Crippen LogP contribution in [0.15, 0.2) is 42.6 Å². The zero-order chi connectivity index (χ0) is 17.6. The summed E-state index contributed by atoms with van der Waals surface area (Å²) in [7, 11) is 0. The van der Waals surface area contributed by atoms with Gasteiger partial charge < -0.3 is 15.0 Å². The van der Waals surface area contributed by atoms with E-state index in [-0.39, 0.29) is 11.8 Å². The predicted octanol–water partition coefficient (Wildman–Crippen LogP) is 2.97. The van der Waals surface area contributed by atoms with E-state index in [1.54, 1.807) is 41.3 Å². The molecule has 0 unspecified atom stereocenters. The minimum absolute atomic E-state index is 0.117. The second kappa shape index (κ2) is 7.79. The highest BCUT2D eigenvalue weighted by Gasteiger charge is 2.21. The molecule has 1 aromatic heterocycles. The SMILES string of the molecule is CCOc1ccc(NC(=O)c2ccnc(C(=O)N3CCCC3)c2)cc1. The van der Waals surface area contributed by atoms with Gasteiger partial charge in [-0.25, -0.2) is 0 Å². The largest absolute Gasteiger partial charge is 0.494 e. The summed E-state index contributed by atoms with van der Waals surface area (Å²) in [5.41, 5.74) is 1.38. The van der Waals surface area contributed by atoms with E-state index in [1.807, 2.05) is 6.92 Å². The van der Waals surface area contributed by atoms with Gasteiger partial charge in [-0.15, -0.1) is 0 Å². The van der Waals surface area contributed by atoms with E-state index in [4.69, 9.17) is 4.74 Å². The van der Waals surface area contributed by atoms with Crippen LogP contribution in [0.1, 0.15) is 40.6 Å². The first-order valence-corrected chi connectivity index (χ1v) is 8.47. The molecule has 2 aromatic rings. The van der Waals surface area contributed by atoms with Crippen LogP contribution in [0.25, 0.3) is 0 Å². The fraction of sp³-hybridized carbons (Fsp3) is 0.316. The molecular weight excluding hydrogens is 318 g/mol. The van der Waals surface area contributed by atoms with Crippen molar-refractivity contribution in [3.8, 4) is 5.75 Å². The van der Waals surface area contributed by atoms with Gasteiger partial charge in [-0.1, -0.05) is 0 Å². The highest BCUT2D eigenvalue weighted by atomic mass is 16.5. The van der Waals surface area contributed by atoms with E-state index >= 15 is 0 Å². The third-order valence-electron chi connectivity index (χ3n) is 4.06. The van der Waals surface area contributed by atoms with E-state index in [2.05, 4.69) is 10.3 Å². The van der Waals surface area contributed by atoms with Crippen molar-refractivity contribution in [3.05, 3.63) is 53.9 Å². The third-order valence-corrected chi connectivity index (χ3v) is 4.06. The van der Waals surface area contributed by atoms with E-state index in [9.17, 15) is 9.59 Å². The second-order valence-electron chi connectivity index (χ2n) is 5.84. The number of nitrogens with one attached hydrogen (secondary N) is 1. The Balaban J connectivity index is 1.69. The number of aromatic nitrogens is 1. The van der Waals surface area contributed by atoms with Crippen molar-refractivity contribution < 1.29 is 14.3 Å². The summed E-state index contributed by atoms with van der Waals surface area (Å²) in [5, 5.41) is 2.82. The molecule has 2 amide bonds. The standard InChI is InChI=1S/C19H21N3O3/c1-2-25-16-7-5-15(6-8-16)21-18(23)14-9-10-20-17(13-14)19(24)22-11-3-4-12-22/h5-10,13H,2-4,11-12H2,1H3,(H,21,23). The highest BCUT2D eigenvalue weighted by molar-refractivity contribution is 6.05. The van der Waals surface area contributed by atoms with Gasteiger partial charge in [-0.3, -0.25) is 14.6 Å². The Morgan fingerprint density at radius 2 is 1.88 bits per heavy atom. The first kappa shape index (κ1) is 17.0. The Hall–Kier alpha value is -2.89. The van der Waals surface area contributed by atoms with Gasteiger partial charge in [0.2, 0.25) is 0 Å². The first-order chi connectivity index (χ1) is 12.2. The van der Waals surface area contributed by atoms with Gasteiger partial charge in [-0.05, 0) is 56.2 Å². The molecule has 25 heavy (non-hydrogen) atoms. The van der Waals surface area contributed by atoms with Crippen molar-refractivity contribution in [2.45, 2.75) is 19.8 Å². The van der Waals surface area contributed by atoms with E-state index in [1.165, 1.54) is 6.20 Å². The van der Waals surface area contributed by atoms with Crippen molar-refractivity contribution >= 4 is 17.5 Å². The van der Waals surface area contributed by atoms with Crippen molar-refractivity contribution in [3.63, 3.8) is 0 Å². The number of pyridine rings is 1. The predicted molar refractivity (Wildman–Crippen MR) is 94.9 cm³/mol. The molecular formula is C19H21N3O3. The van der Waals surface area contributed by atoms with Crippen LogP contribution in [0.3, 0.4) is 0 Å². The maximum Gasteiger partial charge on any atom is 0.272 e. The molecule has 1 aromatic carbocycles. The number of hydrogen-bond donors (Lipinski definition) is 1. The lowest BCUT2D eigenvalue weighted by Crippen LogP contribution is -2.28. The molecule has 3 rings (SSSR count). The molecule has 6 nitrogen and oxygen atoms in total. The number of ether oxygens (including phenoxy) is 1. The number of amides is 2. The maximum absolute atomic E-state index is 12.4. The zero-order valence-electron chi connectivity index (χ0n) is 14.2. The molecule has 1 saturated heterocycles. The minimum Gasteiger partial charge on any atom is -0.494 e. The number of carbonyl (C=O) groups excluding carboxylic acids is 2. The number of benzene rings is 1. The monoisotopic (exact) mass is 339 g/mol. The van der Waals surface area contributed by atoms with Gasteiger partial charge in [0.15, 0.2) is 0 Å². The molecule has 0 radical (unpaired) electrons. The normalized spacial score (nSPS) is 13.6. The number of anilines is 1. The second-order valence-corrected chi connectivity index (χ2v) is 5.84. The fourth-order valence-electron chi connectivity index (χ4n) is 2.78. The number of nitrogens with zero attached hydrogens (tertiary/aromatic N) is 2. The Morgan fingerprint density at radius 3 is 2.56 bits per heavy atom. The Morgan fingerprint density at radius 1 is 1.16 bits per heavy atom. The lowest BCUT2D eigenvalue weighted by Gasteiger charge is -2.14. The van der Waals surface area contributed by atoms with Crippen LogP contribution in [-0.2, 0) is 0 Å². The van der Waals surface area contributed by atoms with E-state index < -0.39 is 0 Å². The summed E-state index contributed by atoms with van der Waals surface area (Å²) in [6.07, 6.45) is 3.53. The maximum atomic E-state index is 12.4. The van der Waals surface area contributed by atoms with Gasteiger partial charge >= 0.3 is 0 Å². The minimum atomic E-state index is -0.276. The molecule has 1 aliphatic rings. The van der Waals surface area contributed by atoms with Gasteiger partial charge in [0.05, 0.1) is 6.61 Å². The Bertz CT molecular complexity index is 753. The quantitative estimate of drug-likeness (QED) is 0.909. The van der Waals surface area contributed by atoms with Crippen molar-refractivity contribution in [2.24, 2.45) is 0 Å². The van der Waals surface area contributed by atoms with Crippen molar-refractivity contribution in [1.82, 2.24) is 9.88 Å². The molecule has 1 aliphatic heterocycles. The lowest BCUT2D eigenvalue weighted by atomic mass is 10.2. The highest BCUT2D eigenvalue weighted by Crippen LogP contribution is 2.17. The van der Waals surface area contributed by atoms with Crippen molar-refractivity contribution in [2.75, 3.05) is 25.0 Å². The molecule has 0 spiro atoms. The van der Waals surface area contributed by atoms with Crippen LogP contribution < -0.4 is 10.1 Å². The molecule has 1 fully saturated rings. The van der Waals surface area contributed by atoms with Crippen LogP contribution in [0.4, 0.5) is 5.69 Å². The number of likely N-dealkylation sites (tertiary alicyclic amines) is 1. The van der Waals surface area contributed by atoms with Crippen LogP contribution in [-0.4, -0.2) is 41.4 Å². The van der Waals surface area contributed by atoms with E-state index in [0.29, 0.717) is 23.6 Å². The molecule has 0 bridgehead atoms. The topological polar surface area (TPSA) is 71.5 Å². The van der Waals surface area contributed by atoms with Crippen molar-refractivity contribution in [1.29, 1.82) is 0 Å². The smallest absolute Gasteiger partial charge is 0.272 e. The zero-order valence-corrected chi connectivity index (χ0v) is 14.2. The average molecular weight is 339 g/mol. The summed E-state index contributed by atoms with van der Waals surface area (Å²) in [6, 6.07) is 10.3. The fourth-order valence-corrected chi connectivity index (χ4v) is 2.78. The number of hydrogen-bond acceptors (Lipinski definition) is 4. The summed E-state index contributed by atoms with van der Waals surface area (Å²) >= 11 is 0. The summed E-state index contributed by atoms with van der Waals surface area (Å²) in [6.45, 7) is 4.02. The molecule has 0 aliphatic carbocycles. The van der Waals surface area contributed by atoms with Gasteiger partial charge in [0.25, 0.3) is 11.8 Å². The van der Waals surface area contributed by atoms with Crippen LogP contribution in [0.5, 0.6) is 5.75 Å².